The van der Waals surface area contributed by atoms with E-state index in [0.717, 1.165) is 13.0 Å². The number of hydrogen-bond acceptors (Lipinski definition) is 1. The van der Waals surface area contributed by atoms with Gasteiger partial charge in [0.05, 0.1) is 6.20 Å². The molecule has 0 aliphatic heterocycles. The van der Waals surface area contributed by atoms with E-state index < -0.39 is 0 Å². The van der Waals surface area contributed by atoms with Gasteiger partial charge in [-0.25, -0.2) is 0 Å². The molecule has 0 atom stereocenters. The van der Waals surface area contributed by atoms with E-state index in [1.165, 1.54) is 11.1 Å². The van der Waals surface area contributed by atoms with E-state index in [4.69, 9.17) is 0 Å². The molecule has 0 aliphatic rings. The molecule has 0 amide bonds. The summed E-state index contributed by atoms with van der Waals surface area (Å²) in [6.07, 6.45) is 5.10. The third-order valence-corrected chi connectivity index (χ3v) is 2.14. The predicted octanol–water partition coefficient (Wildman–Crippen LogP) is 2.76. The van der Waals surface area contributed by atoms with Crippen LogP contribution in [0.15, 0.2) is 36.7 Å². The van der Waals surface area contributed by atoms with Crippen LogP contribution in [-0.2, 0) is 6.54 Å². The fourth-order valence-electron chi connectivity index (χ4n) is 1.44. The van der Waals surface area contributed by atoms with Crippen LogP contribution < -0.4 is 0 Å². The Balaban J connectivity index is 2.25. The van der Waals surface area contributed by atoms with E-state index in [9.17, 15) is 0 Å². The molecular weight excluding hydrogens is 172 g/mol. The second kappa shape index (κ2) is 4.09. The van der Waals surface area contributed by atoms with Gasteiger partial charge >= 0.3 is 0 Å². The maximum atomic E-state index is 4.29. The first-order chi connectivity index (χ1) is 6.90. The third-order valence-electron chi connectivity index (χ3n) is 2.14. The Bertz CT molecular complexity index is 390. The van der Waals surface area contributed by atoms with Crippen LogP contribution in [-0.4, -0.2) is 9.78 Å². The quantitative estimate of drug-likeness (QED) is 0.719. The second-order valence-electron chi connectivity index (χ2n) is 3.28. The number of nitrogens with zero attached hydrogens (tertiary/aromatic N) is 2. The van der Waals surface area contributed by atoms with E-state index in [1.54, 1.807) is 0 Å². The lowest BCUT2D eigenvalue weighted by Crippen LogP contribution is -1.95. The van der Waals surface area contributed by atoms with Gasteiger partial charge in [-0.1, -0.05) is 31.2 Å². The first-order valence-corrected chi connectivity index (χ1v) is 4.89. The normalized spacial score (nSPS) is 10.4. The van der Waals surface area contributed by atoms with Gasteiger partial charge in [0.25, 0.3) is 0 Å². The zero-order chi connectivity index (χ0) is 9.80. The molecule has 0 N–H and O–H groups in total. The minimum absolute atomic E-state index is 0.985. The minimum Gasteiger partial charge on any atom is -0.272 e. The lowest BCUT2D eigenvalue weighted by molar-refractivity contribution is 0.603. The van der Waals surface area contributed by atoms with Crippen LogP contribution in [0.3, 0.4) is 0 Å². The lowest BCUT2D eigenvalue weighted by Gasteiger charge is -1.96. The molecule has 2 nitrogen and oxygen atoms in total. The van der Waals surface area contributed by atoms with Crippen molar-refractivity contribution in [3.8, 4) is 11.1 Å². The molecule has 0 saturated carbocycles. The molecule has 0 unspecified atom stereocenters. The van der Waals surface area contributed by atoms with Crippen LogP contribution in [0.5, 0.6) is 0 Å². The number of aromatic nitrogens is 2. The molecule has 2 aromatic rings. The average Bonchev–Trinajstić information content (AvgIpc) is 2.68. The molecule has 71 valence electrons. The second-order valence-corrected chi connectivity index (χ2v) is 3.28. The summed E-state index contributed by atoms with van der Waals surface area (Å²) in [5.41, 5.74) is 2.37. The SMILES string of the molecule is CCCn1cc(-c2cc[c]cc2)cn1. The molecule has 0 aliphatic carbocycles. The van der Waals surface area contributed by atoms with E-state index in [-0.39, 0.29) is 0 Å². The van der Waals surface area contributed by atoms with Gasteiger partial charge in [-0.3, -0.25) is 4.68 Å². The Hall–Kier alpha value is -1.57. The first kappa shape index (κ1) is 9.00. The van der Waals surface area contributed by atoms with Crippen molar-refractivity contribution in [1.82, 2.24) is 9.78 Å². The van der Waals surface area contributed by atoms with Crippen molar-refractivity contribution >= 4 is 0 Å². The third kappa shape index (κ3) is 1.84. The molecule has 0 saturated heterocycles. The highest BCUT2D eigenvalue weighted by Crippen LogP contribution is 2.17. The van der Waals surface area contributed by atoms with Crippen molar-refractivity contribution < 1.29 is 0 Å². The summed E-state index contributed by atoms with van der Waals surface area (Å²) in [6.45, 7) is 3.14. The zero-order valence-corrected chi connectivity index (χ0v) is 8.27. The highest BCUT2D eigenvalue weighted by atomic mass is 15.3. The van der Waals surface area contributed by atoms with Crippen molar-refractivity contribution in [2.45, 2.75) is 19.9 Å². The maximum absolute atomic E-state index is 4.29. The topological polar surface area (TPSA) is 17.8 Å². The maximum Gasteiger partial charge on any atom is 0.0568 e. The number of benzene rings is 1. The van der Waals surface area contributed by atoms with Crippen molar-refractivity contribution in [3.63, 3.8) is 0 Å². The van der Waals surface area contributed by atoms with Crippen LogP contribution in [0.4, 0.5) is 0 Å². The van der Waals surface area contributed by atoms with Crippen LogP contribution in [0.2, 0.25) is 0 Å². The number of rotatable bonds is 3. The highest BCUT2D eigenvalue weighted by molar-refractivity contribution is 5.61. The highest BCUT2D eigenvalue weighted by Gasteiger charge is 1.99. The van der Waals surface area contributed by atoms with Gasteiger partial charge in [0.15, 0.2) is 0 Å². The number of hydrogen-bond donors (Lipinski definition) is 0. The van der Waals surface area contributed by atoms with Crippen molar-refractivity contribution in [1.29, 1.82) is 0 Å². The van der Waals surface area contributed by atoms with Crippen molar-refractivity contribution in [2.75, 3.05) is 0 Å². The molecule has 2 rings (SSSR count). The van der Waals surface area contributed by atoms with Gasteiger partial charge in [0.2, 0.25) is 0 Å². The molecule has 1 aromatic heterocycles. The summed E-state index contributed by atoms with van der Waals surface area (Å²) in [6, 6.07) is 11.0. The predicted molar refractivity (Wildman–Crippen MR) is 56.8 cm³/mol. The van der Waals surface area contributed by atoms with Gasteiger partial charge in [0, 0.05) is 18.3 Å². The number of aryl methyl sites for hydroxylation is 1. The van der Waals surface area contributed by atoms with Gasteiger partial charge in [-0.05, 0) is 18.1 Å². The Morgan fingerprint density at radius 2 is 2.07 bits per heavy atom. The van der Waals surface area contributed by atoms with Gasteiger partial charge < -0.3 is 0 Å². The molecule has 14 heavy (non-hydrogen) atoms. The Kier molecular flexibility index (Phi) is 2.63. The summed E-state index contributed by atoms with van der Waals surface area (Å²) in [5.74, 6) is 0. The van der Waals surface area contributed by atoms with Crippen LogP contribution >= 0.6 is 0 Å². The molecular formula is C12H13N2. The van der Waals surface area contributed by atoms with Crippen LogP contribution in [0.1, 0.15) is 13.3 Å². The Morgan fingerprint density at radius 1 is 1.29 bits per heavy atom. The van der Waals surface area contributed by atoms with Crippen LogP contribution in [0.25, 0.3) is 11.1 Å². The van der Waals surface area contributed by atoms with Crippen LogP contribution in [0, 0.1) is 6.07 Å². The Morgan fingerprint density at radius 3 is 2.79 bits per heavy atom. The van der Waals surface area contributed by atoms with E-state index >= 15 is 0 Å². The summed E-state index contributed by atoms with van der Waals surface area (Å²) < 4.78 is 1.98. The van der Waals surface area contributed by atoms with Gasteiger partial charge in [-0.15, -0.1) is 0 Å². The summed E-state index contributed by atoms with van der Waals surface area (Å²) >= 11 is 0. The van der Waals surface area contributed by atoms with Crippen molar-refractivity contribution in [3.05, 3.63) is 42.7 Å². The molecule has 0 fully saturated rings. The molecule has 1 heterocycles. The summed E-state index contributed by atoms with van der Waals surface area (Å²) in [5, 5.41) is 4.29. The lowest BCUT2D eigenvalue weighted by atomic mass is 10.1. The first-order valence-electron chi connectivity index (χ1n) is 4.89. The minimum atomic E-state index is 0.985. The molecule has 0 spiro atoms. The standard InChI is InChI=1S/C12H13N2/c1-2-8-14-10-12(9-13-14)11-6-4-3-5-7-11/h4-7,9-10H,2,8H2,1H3. The molecule has 2 heteroatoms. The molecule has 0 bridgehead atoms. The zero-order valence-electron chi connectivity index (χ0n) is 8.27. The van der Waals surface area contributed by atoms with Gasteiger partial charge in [0.1, 0.15) is 0 Å². The van der Waals surface area contributed by atoms with E-state index in [2.05, 4.69) is 24.3 Å². The summed E-state index contributed by atoms with van der Waals surface area (Å²) in [4.78, 5) is 0. The fourth-order valence-corrected chi connectivity index (χ4v) is 1.44. The average molecular weight is 185 g/mol. The Labute approximate surface area is 84.2 Å². The molecule has 1 aromatic carbocycles. The molecule has 1 radical (unpaired) electrons. The fraction of sp³-hybridized carbons (Fsp3) is 0.250. The summed E-state index contributed by atoms with van der Waals surface area (Å²) in [7, 11) is 0. The smallest absolute Gasteiger partial charge is 0.0568 e. The largest absolute Gasteiger partial charge is 0.272 e. The van der Waals surface area contributed by atoms with E-state index in [0.29, 0.717) is 0 Å². The van der Waals surface area contributed by atoms with Gasteiger partial charge in [-0.2, -0.15) is 5.10 Å². The van der Waals surface area contributed by atoms with E-state index in [1.807, 2.05) is 35.1 Å². The van der Waals surface area contributed by atoms with Crippen molar-refractivity contribution in [2.24, 2.45) is 0 Å². The monoisotopic (exact) mass is 185 g/mol.